The molecule has 1 heterocycles. The number of benzene rings is 1. The lowest BCUT2D eigenvalue weighted by Gasteiger charge is -2.16. The number of hydrogen-bond acceptors (Lipinski definition) is 8. The van der Waals surface area contributed by atoms with Crippen LogP contribution in [-0.2, 0) is 9.53 Å². The average molecular weight is 472 g/mol. The molecule has 2 aliphatic rings. The number of phenols is 1. The first-order valence-electron chi connectivity index (χ1n) is 11.1. The monoisotopic (exact) mass is 472 g/mol. The second kappa shape index (κ2) is 9.62. The number of methoxy groups -OCH3 is 1. The van der Waals surface area contributed by atoms with Gasteiger partial charge >= 0.3 is 6.09 Å². The normalized spacial score (nSPS) is 20.3. The van der Waals surface area contributed by atoms with Gasteiger partial charge in [0, 0.05) is 35.3 Å². The molecular weight excluding hydrogens is 444 g/mol. The molecule has 4 rings (SSSR count). The van der Waals surface area contributed by atoms with Crippen molar-refractivity contribution in [3.8, 4) is 17.2 Å². The van der Waals surface area contributed by atoms with Gasteiger partial charge in [0.15, 0.2) is 18.7 Å². The summed E-state index contributed by atoms with van der Waals surface area (Å²) in [5.41, 5.74) is 0.656. The molecule has 2 fully saturated rings. The van der Waals surface area contributed by atoms with Crippen LogP contribution in [0, 0.1) is 0 Å². The minimum Gasteiger partial charge on any atom is -0.507 e. The van der Waals surface area contributed by atoms with E-state index < -0.39 is 12.5 Å². The molecule has 11 nitrogen and oxygen atoms in total. The molecule has 0 spiro atoms. The SMILES string of the molecule is COc1cc(O)c(C=O)c(OCC(=O)Nc2cc(C3CCC(OC(=O)NC4(C)CC4)C3)[nH]n2)c1. The first-order valence-corrected chi connectivity index (χ1v) is 11.1. The maximum absolute atomic E-state index is 12.3. The number of phenolic OH excluding ortho intramolecular Hbond substituents is 1. The molecule has 2 unspecified atom stereocenters. The van der Waals surface area contributed by atoms with Gasteiger partial charge in [-0.1, -0.05) is 0 Å². The number of alkyl carbamates (subject to hydrolysis) is 1. The highest BCUT2D eigenvalue weighted by atomic mass is 16.6. The summed E-state index contributed by atoms with van der Waals surface area (Å²) in [5, 5.41) is 22.5. The number of anilines is 1. The number of nitrogens with one attached hydrogen (secondary N) is 3. The Morgan fingerprint density at radius 3 is 2.79 bits per heavy atom. The van der Waals surface area contributed by atoms with E-state index in [1.165, 1.54) is 19.2 Å². The fourth-order valence-electron chi connectivity index (χ4n) is 3.94. The number of nitrogens with zero attached hydrogens (tertiary/aromatic N) is 1. The van der Waals surface area contributed by atoms with Crippen LogP contribution in [0.4, 0.5) is 10.6 Å². The van der Waals surface area contributed by atoms with Crippen molar-refractivity contribution in [2.24, 2.45) is 0 Å². The van der Waals surface area contributed by atoms with E-state index >= 15 is 0 Å². The largest absolute Gasteiger partial charge is 0.507 e. The summed E-state index contributed by atoms with van der Waals surface area (Å²) in [6, 6.07) is 4.43. The van der Waals surface area contributed by atoms with Crippen LogP contribution < -0.4 is 20.1 Å². The van der Waals surface area contributed by atoms with Gasteiger partial charge in [0.05, 0.1) is 12.7 Å². The number of aldehydes is 1. The summed E-state index contributed by atoms with van der Waals surface area (Å²) in [7, 11) is 1.41. The van der Waals surface area contributed by atoms with Crippen LogP contribution in [0.15, 0.2) is 18.2 Å². The third-order valence-electron chi connectivity index (χ3n) is 6.17. The van der Waals surface area contributed by atoms with Crippen molar-refractivity contribution in [1.82, 2.24) is 15.5 Å². The Bertz CT molecular complexity index is 1080. The summed E-state index contributed by atoms with van der Waals surface area (Å²) in [4.78, 5) is 35.6. The highest BCUT2D eigenvalue weighted by molar-refractivity contribution is 5.91. The minimum absolute atomic E-state index is 0.0291. The van der Waals surface area contributed by atoms with E-state index in [1.54, 1.807) is 6.07 Å². The molecule has 2 amide bonds. The maximum atomic E-state index is 12.3. The zero-order valence-electron chi connectivity index (χ0n) is 19.1. The van der Waals surface area contributed by atoms with E-state index in [9.17, 15) is 19.5 Å². The van der Waals surface area contributed by atoms with Gasteiger partial charge in [-0.2, -0.15) is 5.10 Å². The van der Waals surface area contributed by atoms with E-state index in [-0.39, 0.29) is 46.5 Å². The summed E-state index contributed by atoms with van der Waals surface area (Å²) in [6.07, 6.45) is 4.13. The second-order valence-electron chi connectivity index (χ2n) is 8.94. The molecule has 2 aliphatic carbocycles. The lowest BCUT2D eigenvalue weighted by atomic mass is 10.0. The fourth-order valence-corrected chi connectivity index (χ4v) is 3.94. The van der Waals surface area contributed by atoms with Gasteiger partial charge in [-0.25, -0.2) is 4.79 Å². The first kappa shape index (κ1) is 23.4. The molecule has 2 aromatic rings. The molecule has 2 atom stereocenters. The minimum atomic E-state index is -0.491. The lowest BCUT2D eigenvalue weighted by Crippen LogP contribution is -2.36. The topological polar surface area (TPSA) is 152 Å². The van der Waals surface area contributed by atoms with Crippen LogP contribution in [0.3, 0.4) is 0 Å². The summed E-state index contributed by atoms with van der Waals surface area (Å²) in [6.45, 7) is 1.60. The first-order chi connectivity index (χ1) is 16.3. The molecule has 1 aromatic heterocycles. The molecule has 2 saturated carbocycles. The molecule has 1 aromatic carbocycles. The van der Waals surface area contributed by atoms with Crippen LogP contribution in [-0.4, -0.2) is 59.0 Å². The molecule has 0 radical (unpaired) electrons. The molecule has 11 heteroatoms. The Morgan fingerprint density at radius 2 is 2.09 bits per heavy atom. The molecule has 34 heavy (non-hydrogen) atoms. The number of carbonyl (C=O) groups is 3. The quantitative estimate of drug-likeness (QED) is 0.407. The molecule has 0 aliphatic heterocycles. The van der Waals surface area contributed by atoms with Crippen molar-refractivity contribution in [2.75, 3.05) is 19.0 Å². The zero-order valence-corrected chi connectivity index (χ0v) is 19.1. The van der Waals surface area contributed by atoms with Crippen molar-refractivity contribution < 1.29 is 33.7 Å². The van der Waals surface area contributed by atoms with Crippen LogP contribution in [0.5, 0.6) is 17.2 Å². The lowest BCUT2D eigenvalue weighted by molar-refractivity contribution is -0.118. The number of rotatable bonds is 9. The van der Waals surface area contributed by atoms with Gasteiger partial charge in [0.2, 0.25) is 0 Å². The Hall–Kier alpha value is -3.76. The molecular formula is C23H28N4O7. The second-order valence-corrected chi connectivity index (χ2v) is 8.94. The smallest absolute Gasteiger partial charge is 0.407 e. The zero-order chi connectivity index (χ0) is 24.3. The van der Waals surface area contributed by atoms with Crippen LogP contribution >= 0.6 is 0 Å². The van der Waals surface area contributed by atoms with Crippen molar-refractivity contribution in [2.45, 2.75) is 56.6 Å². The molecule has 4 N–H and O–H groups in total. The van der Waals surface area contributed by atoms with E-state index in [2.05, 4.69) is 20.8 Å². The van der Waals surface area contributed by atoms with Crippen LogP contribution in [0.25, 0.3) is 0 Å². The predicted octanol–water partition coefficient (Wildman–Crippen LogP) is 2.87. The Labute approximate surface area is 196 Å². The maximum Gasteiger partial charge on any atom is 0.407 e. The van der Waals surface area contributed by atoms with Gasteiger partial charge in [-0.05, 0) is 39.0 Å². The van der Waals surface area contributed by atoms with Crippen molar-refractivity contribution >= 4 is 24.1 Å². The van der Waals surface area contributed by atoms with E-state index in [0.29, 0.717) is 18.5 Å². The predicted molar refractivity (Wildman–Crippen MR) is 120 cm³/mol. The number of amides is 2. The number of aromatic amines is 1. The third-order valence-corrected chi connectivity index (χ3v) is 6.17. The molecule has 182 valence electrons. The Morgan fingerprint density at radius 1 is 1.29 bits per heavy atom. The van der Waals surface area contributed by atoms with E-state index in [1.807, 2.05) is 6.92 Å². The standard InChI is InChI=1S/C23H28N4O7/c1-23(5-6-23)25-22(31)34-14-4-3-13(7-14)17-10-20(27-26-17)24-21(30)12-33-19-9-15(32-2)8-18(29)16(19)11-28/h8-11,13-14,29H,3-7,12H2,1-2H3,(H,25,31)(H2,24,26,27,30). The van der Waals surface area contributed by atoms with Gasteiger partial charge in [-0.15, -0.1) is 0 Å². The Kier molecular flexibility index (Phi) is 6.62. The van der Waals surface area contributed by atoms with E-state index in [4.69, 9.17) is 14.2 Å². The van der Waals surface area contributed by atoms with Crippen molar-refractivity contribution in [3.63, 3.8) is 0 Å². The average Bonchev–Trinajstić information content (AvgIpc) is 3.16. The molecule has 0 bridgehead atoms. The van der Waals surface area contributed by atoms with Crippen LogP contribution in [0.1, 0.15) is 61.0 Å². The Balaban J connectivity index is 1.27. The summed E-state index contributed by atoms with van der Waals surface area (Å²) >= 11 is 0. The number of H-pyrrole nitrogens is 1. The van der Waals surface area contributed by atoms with Gasteiger partial charge in [0.25, 0.3) is 5.91 Å². The van der Waals surface area contributed by atoms with Crippen molar-refractivity contribution in [1.29, 1.82) is 0 Å². The van der Waals surface area contributed by atoms with Crippen LogP contribution in [0.2, 0.25) is 0 Å². The highest BCUT2D eigenvalue weighted by Crippen LogP contribution is 2.37. The summed E-state index contributed by atoms with van der Waals surface area (Å²) in [5.74, 6) is -0.0140. The third kappa shape index (κ3) is 5.59. The molecule has 0 saturated heterocycles. The highest BCUT2D eigenvalue weighted by Gasteiger charge is 2.40. The van der Waals surface area contributed by atoms with Gasteiger partial charge in [0.1, 0.15) is 23.4 Å². The number of aromatic hydroxyl groups is 1. The summed E-state index contributed by atoms with van der Waals surface area (Å²) < 4.78 is 16.0. The van der Waals surface area contributed by atoms with Gasteiger partial charge in [-0.3, -0.25) is 14.7 Å². The van der Waals surface area contributed by atoms with Crippen molar-refractivity contribution in [3.05, 3.63) is 29.5 Å². The van der Waals surface area contributed by atoms with Gasteiger partial charge < -0.3 is 30.0 Å². The van der Waals surface area contributed by atoms with E-state index in [0.717, 1.165) is 31.4 Å². The fraction of sp³-hybridized carbons (Fsp3) is 0.478. The number of carbonyl (C=O) groups excluding carboxylic acids is 3. The number of ether oxygens (including phenoxy) is 3. The number of aromatic nitrogens is 2. The number of hydrogen-bond donors (Lipinski definition) is 4.